The Balaban J connectivity index is 2.08. The Morgan fingerprint density at radius 3 is 2.39 bits per heavy atom. The summed E-state index contributed by atoms with van der Waals surface area (Å²) < 4.78 is 10.4. The Labute approximate surface area is 111 Å². The van der Waals surface area contributed by atoms with Crippen LogP contribution in [0.1, 0.15) is 13.3 Å². The molecule has 1 fully saturated rings. The third-order valence-electron chi connectivity index (χ3n) is 3.65. The summed E-state index contributed by atoms with van der Waals surface area (Å²) in [5.41, 5.74) is 5.79. The number of piperazine rings is 1. The quantitative estimate of drug-likeness (QED) is 0.591. The van der Waals surface area contributed by atoms with Crippen molar-refractivity contribution in [3.8, 4) is 0 Å². The van der Waals surface area contributed by atoms with E-state index in [1.165, 1.54) is 0 Å². The minimum absolute atomic E-state index is 0.560. The van der Waals surface area contributed by atoms with E-state index in [0.29, 0.717) is 19.3 Å². The van der Waals surface area contributed by atoms with E-state index in [1.54, 1.807) is 7.11 Å². The molecule has 0 aromatic rings. The van der Waals surface area contributed by atoms with Gasteiger partial charge in [-0.1, -0.05) is 6.92 Å². The lowest BCUT2D eigenvalue weighted by molar-refractivity contribution is 0.0401. The van der Waals surface area contributed by atoms with Gasteiger partial charge in [-0.15, -0.1) is 0 Å². The SMILES string of the molecule is CCC(CN)N1CCN(CCOCCOC)CC1. The molecule has 0 aromatic carbocycles. The normalized spacial score (nSPS) is 20.2. The van der Waals surface area contributed by atoms with Crippen LogP contribution in [0.5, 0.6) is 0 Å². The Hall–Kier alpha value is -0.200. The van der Waals surface area contributed by atoms with Gasteiger partial charge in [0.05, 0.1) is 19.8 Å². The zero-order valence-electron chi connectivity index (χ0n) is 11.9. The van der Waals surface area contributed by atoms with Crippen LogP contribution in [0.25, 0.3) is 0 Å². The first kappa shape index (κ1) is 15.9. The van der Waals surface area contributed by atoms with Crippen molar-refractivity contribution in [1.29, 1.82) is 0 Å². The van der Waals surface area contributed by atoms with Gasteiger partial charge in [0.2, 0.25) is 0 Å². The molecule has 1 unspecified atom stereocenters. The summed E-state index contributed by atoms with van der Waals surface area (Å²) in [7, 11) is 1.70. The smallest absolute Gasteiger partial charge is 0.0700 e. The van der Waals surface area contributed by atoms with Crippen molar-refractivity contribution >= 4 is 0 Å². The van der Waals surface area contributed by atoms with E-state index in [-0.39, 0.29) is 0 Å². The predicted molar refractivity (Wildman–Crippen MR) is 73.8 cm³/mol. The van der Waals surface area contributed by atoms with Crippen molar-refractivity contribution in [2.75, 3.05) is 66.2 Å². The highest BCUT2D eigenvalue weighted by Gasteiger charge is 2.21. The predicted octanol–water partition coefficient (Wildman–Crippen LogP) is 0.00430. The lowest BCUT2D eigenvalue weighted by atomic mass is 10.1. The van der Waals surface area contributed by atoms with Crippen LogP contribution in [0.4, 0.5) is 0 Å². The molecule has 5 heteroatoms. The zero-order valence-corrected chi connectivity index (χ0v) is 11.9. The van der Waals surface area contributed by atoms with Gasteiger partial charge in [-0.05, 0) is 6.42 Å². The molecule has 2 N–H and O–H groups in total. The maximum Gasteiger partial charge on any atom is 0.0700 e. The van der Waals surface area contributed by atoms with E-state index in [2.05, 4.69) is 16.7 Å². The third-order valence-corrected chi connectivity index (χ3v) is 3.65. The summed E-state index contributed by atoms with van der Waals surface area (Å²) in [6, 6.07) is 0.560. The van der Waals surface area contributed by atoms with Crippen molar-refractivity contribution in [2.45, 2.75) is 19.4 Å². The minimum Gasteiger partial charge on any atom is -0.382 e. The van der Waals surface area contributed by atoms with Crippen molar-refractivity contribution in [1.82, 2.24) is 9.80 Å². The van der Waals surface area contributed by atoms with Gasteiger partial charge < -0.3 is 15.2 Å². The van der Waals surface area contributed by atoms with E-state index < -0.39 is 0 Å². The van der Waals surface area contributed by atoms with Gasteiger partial charge >= 0.3 is 0 Å². The Morgan fingerprint density at radius 1 is 1.11 bits per heavy atom. The highest BCUT2D eigenvalue weighted by atomic mass is 16.5. The molecule has 1 aliphatic rings. The summed E-state index contributed by atoms with van der Waals surface area (Å²) >= 11 is 0. The fourth-order valence-electron chi connectivity index (χ4n) is 2.36. The van der Waals surface area contributed by atoms with Crippen molar-refractivity contribution in [2.24, 2.45) is 5.73 Å². The lowest BCUT2D eigenvalue weighted by Gasteiger charge is -2.38. The average molecular weight is 259 g/mol. The van der Waals surface area contributed by atoms with Crippen LogP contribution in [0.2, 0.25) is 0 Å². The molecule has 5 nitrogen and oxygen atoms in total. The second-order valence-electron chi connectivity index (χ2n) is 4.78. The zero-order chi connectivity index (χ0) is 13.2. The third kappa shape index (κ3) is 5.63. The van der Waals surface area contributed by atoms with Crippen LogP contribution < -0.4 is 5.73 Å². The molecule has 1 saturated heterocycles. The van der Waals surface area contributed by atoms with Gasteiger partial charge in [0.25, 0.3) is 0 Å². The van der Waals surface area contributed by atoms with E-state index in [1.807, 2.05) is 0 Å². The molecule has 1 aliphatic heterocycles. The monoisotopic (exact) mass is 259 g/mol. The van der Waals surface area contributed by atoms with Crippen LogP contribution in [0.15, 0.2) is 0 Å². The fourth-order valence-corrected chi connectivity index (χ4v) is 2.36. The molecule has 108 valence electrons. The second-order valence-corrected chi connectivity index (χ2v) is 4.78. The second kappa shape index (κ2) is 9.69. The molecule has 0 saturated carbocycles. The van der Waals surface area contributed by atoms with Gasteiger partial charge in [0, 0.05) is 52.4 Å². The van der Waals surface area contributed by atoms with Crippen molar-refractivity contribution in [3.63, 3.8) is 0 Å². The molecular weight excluding hydrogens is 230 g/mol. The molecule has 0 aromatic heterocycles. The molecule has 18 heavy (non-hydrogen) atoms. The molecule has 1 heterocycles. The number of hydrogen-bond acceptors (Lipinski definition) is 5. The summed E-state index contributed by atoms with van der Waals surface area (Å²) in [5, 5.41) is 0. The average Bonchev–Trinajstić information content (AvgIpc) is 2.41. The van der Waals surface area contributed by atoms with Gasteiger partial charge in [0.15, 0.2) is 0 Å². The van der Waals surface area contributed by atoms with Gasteiger partial charge in [-0.25, -0.2) is 0 Å². The topological polar surface area (TPSA) is 51.0 Å². The standard InChI is InChI=1S/C13H29N3O2/c1-3-13(12-14)16-6-4-15(5-7-16)8-9-18-11-10-17-2/h13H,3-12,14H2,1-2H3. The first-order valence-electron chi connectivity index (χ1n) is 7.05. The molecule has 0 radical (unpaired) electrons. The number of hydrogen-bond donors (Lipinski definition) is 1. The van der Waals surface area contributed by atoms with Gasteiger partial charge in [-0.2, -0.15) is 0 Å². The van der Waals surface area contributed by atoms with E-state index >= 15 is 0 Å². The van der Waals surface area contributed by atoms with Gasteiger partial charge in [0.1, 0.15) is 0 Å². The van der Waals surface area contributed by atoms with Crippen LogP contribution in [0.3, 0.4) is 0 Å². The number of methoxy groups -OCH3 is 1. The number of nitrogens with zero attached hydrogens (tertiary/aromatic N) is 2. The largest absolute Gasteiger partial charge is 0.382 e. The molecule has 0 aliphatic carbocycles. The maximum atomic E-state index is 5.79. The minimum atomic E-state index is 0.560. The molecule has 1 rings (SSSR count). The fraction of sp³-hybridized carbons (Fsp3) is 1.00. The first-order valence-corrected chi connectivity index (χ1v) is 7.05. The van der Waals surface area contributed by atoms with Crippen molar-refractivity contribution in [3.05, 3.63) is 0 Å². The molecular formula is C13H29N3O2. The molecule has 0 spiro atoms. The van der Waals surface area contributed by atoms with Crippen LogP contribution >= 0.6 is 0 Å². The first-order chi connectivity index (χ1) is 8.81. The summed E-state index contributed by atoms with van der Waals surface area (Å²) in [5.74, 6) is 0. The lowest BCUT2D eigenvalue weighted by Crippen LogP contribution is -2.52. The number of rotatable bonds is 9. The van der Waals surface area contributed by atoms with E-state index in [0.717, 1.165) is 52.3 Å². The summed E-state index contributed by atoms with van der Waals surface area (Å²) in [4.78, 5) is 4.98. The maximum absolute atomic E-state index is 5.79. The van der Waals surface area contributed by atoms with E-state index in [9.17, 15) is 0 Å². The summed E-state index contributed by atoms with van der Waals surface area (Å²) in [6.07, 6.45) is 1.15. The number of ether oxygens (including phenoxy) is 2. The van der Waals surface area contributed by atoms with E-state index in [4.69, 9.17) is 15.2 Å². The highest BCUT2D eigenvalue weighted by Crippen LogP contribution is 2.08. The molecule has 0 bridgehead atoms. The van der Waals surface area contributed by atoms with Crippen LogP contribution in [0, 0.1) is 0 Å². The summed E-state index contributed by atoms with van der Waals surface area (Å²) in [6.45, 7) is 10.7. The van der Waals surface area contributed by atoms with Gasteiger partial charge in [-0.3, -0.25) is 9.80 Å². The molecule has 1 atom stereocenters. The Bertz CT molecular complexity index is 193. The van der Waals surface area contributed by atoms with Crippen molar-refractivity contribution < 1.29 is 9.47 Å². The Morgan fingerprint density at radius 2 is 1.83 bits per heavy atom. The van der Waals surface area contributed by atoms with Crippen LogP contribution in [-0.4, -0.2) is 82.0 Å². The number of nitrogens with two attached hydrogens (primary N) is 1. The Kier molecular flexibility index (Phi) is 8.54. The highest BCUT2D eigenvalue weighted by molar-refractivity contribution is 4.78. The molecule has 0 amide bonds. The van der Waals surface area contributed by atoms with Crippen LogP contribution in [-0.2, 0) is 9.47 Å².